The highest BCUT2D eigenvalue weighted by Crippen LogP contribution is 2.39. The molecule has 0 atom stereocenters. The first-order valence-corrected chi connectivity index (χ1v) is 11.1. The fourth-order valence-corrected chi connectivity index (χ4v) is 3.59. The maximum atomic E-state index is 12.6. The van der Waals surface area contributed by atoms with Gasteiger partial charge in [0.2, 0.25) is 5.75 Å². The number of nitrogen functional groups attached to an aromatic ring is 1. The predicted molar refractivity (Wildman–Crippen MR) is 144 cm³/mol. The summed E-state index contributed by atoms with van der Waals surface area (Å²) in [5.74, 6) is 2.00. The van der Waals surface area contributed by atoms with Crippen LogP contribution in [0.2, 0.25) is 0 Å². The van der Waals surface area contributed by atoms with E-state index in [0.717, 1.165) is 5.56 Å². The van der Waals surface area contributed by atoms with Crippen molar-refractivity contribution in [1.29, 1.82) is 0 Å². The van der Waals surface area contributed by atoms with Crippen molar-refractivity contribution in [3.63, 3.8) is 0 Å². The van der Waals surface area contributed by atoms with Gasteiger partial charge in [0.05, 0.1) is 41.2 Å². The minimum absolute atomic E-state index is 0.0358. The number of phenols is 1. The molecule has 3 aromatic rings. The quantitative estimate of drug-likeness (QED) is 0.108. The average Bonchev–Trinajstić information content (AvgIpc) is 2.91. The summed E-state index contributed by atoms with van der Waals surface area (Å²) in [5.41, 5.74) is 8.70. The number of phenolic OH excluding ortho intramolecular Hbond substituents is 1. The molecule has 9 nitrogen and oxygen atoms in total. The first kappa shape index (κ1) is 26.8. The number of anilines is 2. The van der Waals surface area contributed by atoms with Crippen molar-refractivity contribution in [2.45, 2.75) is 0 Å². The number of rotatable bonds is 11. The number of aromatic hydroxyl groups is 1. The van der Waals surface area contributed by atoms with Crippen molar-refractivity contribution in [1.82, 2.24) is 0 Å². The summed E-state index contributed by atoms with van der Waals surface area (Å²) < 4.78 is 26.6. The van der Waals surface area contributed by atoms with Crippen LogP contribution in [0.5, 0.6) is 34.5 Å². The zero-order valence-electron chi connectivity index (χ0n) is 21.3. The van der Waals surface area contributed by atoms with Gasteiger partial charge in [0.25, 0.3) is 0 Å². The lowest BCUT2D eigenvalue weighted by Gasteiger charge is -2.13. The lowest BCUT2D eigenvalue weighted by Crippen LogP contribution is -2.00. The normalized spacial score (nSPS) is 10.9. The van der Waals surface area contributed by atoms with Gasteiger partial charge in [0.15, 0.2) is 28.8 Å². The third-order valence-electron chi connectivity index (χ3n) is 5.48. The van der Waals surface area contributed by atoms with Crippen LogP contribution in [0.3, 0.4) is 0 Å². The molecule has 0 aliphatic carbocycles. The van der Waals surface area contributed by atoms with Crippen molar-refractivity contribution in [3.8, 4) is 34.5 Å². The topological polar surface area (TPSA) is 122 Å². The summed E-state index contributed by atoms with van der Waals surface area (Å²) in [6.07, 6.45) is 6.51. The Morgan fingerprint density at radius 3 is 2.03 bits per heavy atom. The van der Waals surface area contributed by atoms with Crippen LogP contribution in [0.4, 0.5) is 11.4 Å². The largest absolute Gasteiger partial charge is 0.504 e. The molecule has 0 amide bonds. The van der Waals surface area contributed by atoms with Gasteiger partial charge in [0.1, 0.15) is 5.75 Å². The summed E-state index contributed by atoms with van der Waals surface area (Å²) in [5, 5.41) is 13.4. The molecule has 0 fully saturated rings. The highest BCUT2D eigenvalue weighted by molar-refractivity contribution is 6.05. The van der Waals surface area contributed by atoms with Crippen molar-refractivity contribution >= 4 is 29.3 Å². The summed E-state index contributed by atoms with van der Waals surface area (Å²) in [4.78, 5) is 12.6. The fourth-order valence-electron chi connectivity index (χ4n) is 3.59. The minimum atomic E-state index is -0.248. The molecule has 3 rings (SSSR count). The average molecular weight is 507 g/mol. The van der Waals surface area contributed by atoms with Crippen molar-refractivity contribution in [2.75, 3.05) is 46.6 Å². The van der Waals surface area contributed by atoms with E-state index < -0.39 is 0 Å². The number of carbonyl (C=O) groups excluding carboxylic acids is 1. The van der Waals surface area contributed by atoms with Gasteiger partial charge in [0, 0.05) is 35.2 Å². The Morgan fingerprint density at radius 2 is 1.46 bits per heavy atom. The second-order valence-electron chi connectivity index (χ2n) is 7.70. The monoisotopic (exact) mass is 506 g/mol. The molecule has 0 radical (unpaired) electrons. The number of allylic oxidation sites excluding steroid dienone is 1. The number of nitrogens with two attached hydrogens (primary N) is 1. The summed E-state index contributed by atoms with van der Waals surface area (Å²) in [7, 11) is 7.59. The molecule has 194 valence electrons. The van der Waals surface area contributed by atoms with Gasteiger partial charge >= 0.3 is 0 Å². The fraction of sp³-hybridized carbons (Fsp3) is 0.179. The van der Waals surface area contributed by atoms with E-state index in [2.05, 4.69) is 5.32 Å². The SMILES string of the molecule is COc1ccc(C(=O)C=CNc2cc(OC)c(O)cc2C=Cc2cc(OC)c(OC)c(OC)c2)cc1N. The number of carbonyl (C=O) groups is 1. The van der Waals surface area contributed by atoms with E-state index in [1.54, 1.807) is 62.8 Å². The maximum absolute atomic E-state index is 12.6. The number of hydrogen-bond donors (Lipinski definition) is 3. The number of ketones is 1. The first-order chi connectivity index (χ1) is 17.8. The molecule has 0 saturated heterocycles. The standard InChI is InChI=1S/C28H30N2O7/c1-33-24-9-8-19(14-20(24)29)22(31)10-11-30-21-16-25(34-2)23(32)15-18(21)7-6-17-12-26(35-3)28(37-5)27(13-17)36-4/h6-16,30,32H,29H2,1-5H3. The van der Waals surface area contributed by atoms with Gasteiger partial charge < -0.3 is 39.8 Å². The van der Waals surface area contributed by atoms with E-state index in [1.165, 1.54) is 33.6 Å². The van der Waals surface area contributed by atoms with Crippen molar-refractivity contribution < 1.29 is 33.6 Å². The molecule has 0 saturated carbocycles. The molecule has 0 aliphatic rings. The Kier molecular flexibility index (Phi) is 8.88. The number of hydrogen-bond acceptors (Lipinski definition) is 9. The Morgan fingerprint density at radius 1 is 0.811 bits per heavy atom. The smallest absolute Gasteiger partial charge is 0.203 e. The Bertz CT molecular complexity index is 1310. The second kappa shape index (κ2) is 12.3. The predicted octanol–water partition coefficient (Wildman–Crippen LogP) is 5.00. The van der Waals surface area contributed by atoms with E-state index in [9.17, 15) is 9.90 Å². The molecule has 3 aromatic carbocycles. The third kappa shape index (κ3) is 6.26. The molecular formula is C28H30N2O7. The molecule has 4 N–H and O–H groups in total. The van der Waals surface area contributed by atoms with E-state index in [-0.39, 0.29) is 17.3 Å². The number of methoxy groups -OCH3 is 5. The molecule has 0 bridgehead atoms. The van der Waals surface area contributed by atoms with E-state index in [1.807, 2.05) is 6.08 Å². The zero-order chi connectivity index (χ0) is 26.9. The van der Waals surface area contributed by atoms with Gasteiger partial charge in [-0.3, -0.25) is 4.79 Å². The molecular weight excluding hydrogens is 476 g/mol. The maximum Gasteiger partial charge on any atom is 0.203 e. The Balaban J connectivity index is 1.89. The molecule has 0 unspecified atom stereocenters. The molecule has 0 spiro atoms. The molecule has 0 aromatic heterocycles. The van der Waals surface area contributed by atoms with Gasteiger partial charge in [-0.2, -0.15) is 0 Å². The second-order valence-corrected chi connectivity index (χ2v) is 7.70. The van der Waals surface area contributed by atoms with E-state index >= 15 is 0 Å². The Hall–Kier alpha value is -4.79. The van der Waals surface area contributed by atoms with Crippen molar-refractivity contribution in [3.05, 3.63) is 71.4 Å². The molecule has 37 heavy (non-hydrogen) atoms. The third-order valence-corrected chi connectivity index (χ3v) is 5.48. The van der Waals surface area contributed by atoms with Crippen LogP contribution in [-0.2, 0) is 0 Å². The highest BCUT2D eigenvalue weighted by Gasteiger charge is 2.13. The number of nitrogens with one attached hydrogen (secondary N) is 1. The van der Waals surface area contributed by atoms with E-state index in [4.69, 9.17) is 29.4 Å². The van der Waals surface area contributed by atoms with Crippen LogP contribution in [0.15, 0.2) is 54.7 Å². The van der Waals surface area contributed by atoms with Gasteiger partial charge in [-0.25, -0.2) is 0 Å². The zero-order valence-corrected chi connectivity index (χ0v) is 21.3. The van der Waals surface area contributed by atoms with Gasteiger partial charge in [-0.15, -0.1) is 0 Å². The number of ether oxygens (including phenoxy) is 5. The lowest BCUT2D eigenvalue weighted by molar-refractivity contribution is 0.104. The van der Waals surface area contributed by atoms with Gasteiger partial charge in [-0.1, -0.05) is 12.2 Å². The highest BCUT2D eigenvalue weighted by atomic mass is 16.5. The lowest BCUT2D eigenvalue weighted by atomic mass is 10.1. The minimum Gasteiger partial charge on any atom is -0.504 e. The molecule has 9 heteroatoms. The van der Waals surface area contributed by atoms with Crippen LogP contribution >= 0.6 is 0 Å². The van der Waals surface area contributed by atoms with Crippen LogP contribution in [0, 0.1) is 0 Å². The van der Waals surface area contributed by atoms with Crippen LogP contribution in [0.25, 0.3) is 12.2 Å². The summed E-state index contributed by atoms with van der Waals surface area (Å²) in [6, 6.07) is 11.6. The molecule has 0 heterocycles. The van der Waals surface area contributed by atoms with Crippen LogP contribution < -0.4 is 34.7 Å². The number of benzene rings is 3. The van der Waals surface area contributed by atoms with E-state index in [0.29, 0.717) is 45.5 Å². The Labute approximate surface area is 215 Å². The molecule has 0 aliphatic heterocycles. The van der Waals surface area contributed by atoms with Crippen LogP contribution in [0.1, 0.15) is 21.5 Å². The van der Waals surface area contributed by atoms with Crippen LogP contribution in [-0.4, -0.2) is 46.4 Å². The van der Waals surface area contributed by atoms with Gasteiger partial charge in [-0.05, 0) is 42.0 Å². The summed E-state index contributed by atoms with van der Waals surface area (Å²) in [6.45, 7) is 0. The summed E-state index contributed by atoms with van der Waals surface area (Å²) >= 11 is 0. The first-order valence-electron chi connectivity index (χ1n) is 11.1. The van der Waals surface area contributed by atoms with Crippen molar-refractivity contribution in [2.24, 2.45) is 0 Å².